The summed E-state index contributed by atoms with van der Waals surface area (Å²) in [4.78, 5) is 10.8. The van der Waals surface area contributed by atoms with E-state index in [9.17, 15) is 7.87 Å². The molecule has 0 saturated heterocycles. The molecule has 3 N–H and O–H groups in total. The quantitative estimate of drug-likeness (QED) is 0.0768. The van der Waals surface area contributed by atoms with Crippen LogP contribution < -0.4 is 0 Å². The van der Waals surface area contributed by atoms with Gasteiger partial charge in [0, 0.05) is 11.8 Å². The van der Waals surface area contributed by atoms with Gasteiger partial charge in [0.15, 0.2) is 0 Å². The van der Waals surface area contributed by atoms with E-state index in [1.807, 2.05) is 13.0 Å². The fourth-order valence-electron chi connectivity index (χ4n) is 2.73. The van der Waals surface area contributed by atoms with Gasteiger partial charge in [-0.05, 0) is 25.7 Å². The van der Waals surface area contributed by atoms with Crippen molar-refractivity contribution in [1.29, 1.82) is 0 Å². The molecule has 0 heterocycles. The summed E-state index contributed by atoms with van der Waals surface area (Å²) in [7, 11) is 1.44. The van der Waals surface area contributed by atoms with E-state index < -0.39 is 25.2 Å². The van der Waals surface area contributed by atoms with E-state index in [1.54, 1.807) is 0 Å². The van der Waals surface area contributed by atoms with Crippen LogP contribution in [0.2, 0.25) is 8.87 Å². The minimum absolute atomic E-state index is 0.0864. The fraction of sp³-hybridized carbons (Fsp3) is 0.885. The van der Waals surface area contributed by atoms with Crippen molar-refractivity contribution in [3.05, 3.63) is 12.7 Å². The van der Waals surface area contributed by atoms with Crippen LogP contribution in [0.5, 0.6) is 0 Å². The number of aliphatic hydroxyl groups excluding tert-OH is 3. The third kappa shape index (κ3) is 27.8. The van der Waals surface area contributed by atoms with Gasteiger partial charge < -0.3 is 20.1 Å². The van der Waals surface area contributed by atoms with E-state index in [0.717, 1.165) is 28.1 Å². The molecule has 0 aliphatic carbocycles. The number of hydrogen-bond donors (Lipinski definition) is 3. The second-order valence-corrected chi connectivity index (χ2v) is 14.5. The number of hydrogen-bond acceptors (Lipinski definition) is 6. The van der Waals surface area contributed by atoms with Gasteiger partial charge in [0.2, 0.25) is 0 Å². The number of methoxy groups -OCH3 is 1. The van der Waals surface area contributed by atoms with Crippen LogP contribution in [-0.2, 0) is 12.6 Å². The van der Waals surface area contributed by atoms with Gasteiger partial charge in [0.1, 0.15) is 0 Å². The number of carbonyl (C=O) groups is 1. The first-order valence-electron chi connectivity index (χ1n) is 12.9. The fourth-order valence-corrected chi connectivity index (χ4v) is 7.71. The molecule has 0 rings (SSSR count). The molecule has 198 valence electrons. The predicted octanol–water partition coefficient (Wildman–Crippen LogP) is 5.83. The Morgan fingerprint density at radius 2 is 1.30 bits per heavy atom. The van der Waals surface area contributed by atoms with Crippen LogP contribution in [0.4, 0.5) is 0 Å². The van der Waals surface area contributed by atoms with Gasteiger partial charge in [0.05, 0.1) is 26.9 Å². The van der Waals surface area contributed by atoms with E-state index in [0.29, 0.717) is 12.8 Å². The summed E-state index contributed by atoms with van der Waals surface area (Å²) in [6.45, 7) is 9.36. The third-order valence-corrected chi connectivity index (χ3v) is 10.8. The molecule has 0 atom stereocenters. The SMILES string of the molecule is C=CCCCCCCCCC(=O)OC.CCC(CO)(CO)CO.CCC[CH2][Sn](=[O])[CH2]CCC. The number of carbonyl (C=O) groups excluding carboxylic acids is 1. The van der Waals surface area contributed by atoms with Gasteiger partial charge in [-0.2, -0.15) is 0 Å². The molecule has 6 nitrogen and oxygen atoms in total. The van der Waals surface area contributed by atoms with Crippen molar-refractivity contribution in [3.63, 3.8) is 0 Å². The van der Waals surface area contributed by atoms with E-state index in [-0.39, 0.29) is 25.8 Å². The topological polar surface area (TPSA) is 104 Å². The molecule has 33 heavy (non-hydrogen) atoms. The summed E-state index contributed by atoms with van der Waals surface area (Å²) >= 11 is -1.99. The predicted molar refractivity (Wildman–Crippen MR) is 139 cm³/mol. The summed E-state index contributed by atoms with van der Waals surface area (Å²) in [5.74, 6) is -0.0864. The Kier molecular flexibility index (Phi) is 33.5. The molecule has 0 radical (unpaired) electrons. The van der Waals surface area contributed by atoms with Crippen LogP contribution in [0.15, 0.2) is 12.7 Å². The minimum atomic E-state index is -1.99. The van der Waals surface area contributed by atoms with Crippen molar-refractivity contribution in [1.82, 2.24) is 0 Å². The summed E-state index contributed by atoms with van der Waals surface area (Å²) in [5.41, 5.74) is -0.667. The van der Waals surface area contributed by atoms with Gasteiger partial charge >= 0.3 is 77.2 Å². The van der Waals surface area contributed by atoms with Crippen LogP contribution in [0, 0.1) is 5.41 Å². The Morgan fingerprint density at radius 3 is 1.64 bits per heavy atom. The molecule has 0 aliphatic heterocycles. The zero-order valence-corrected chi connectivity index (χ0v) is 24.9. The van der Waals surface area contributed by atoms with E-state index in [4.69, 9.17) is 15.3 Å². The monoisotopic (exact) mass is 582 g/mol. The zero-order valence-electron chi connectivity index (χ0n) is 22.1. The van der Waals surface area contributed by atoms with Gasteiger partial charge in [-0.25, -0.2) is 0 Å². The molecule has 7 heteroatoms. The number of rotatable bonds is 19. The molecule has 0 aromatic heterocycles. The molecule has 0 aliphatic rings. The maximum atomic E-state index is 11.2. The van der Waals surface area contributed by atoms with Gasteiger partial charge in [-0.15, -0.1) is 6.58 Å². The Labute approximate surface area is 211 Å². The maximum absolute atomic E-state index is 11.2. The Balaban J connectivity index is -0.000000423. The molecule has 0 fully saturated rings. The first-order chi connectivity index (χ1) is 15.9. The van der Waals surface area contributed by atoms with Crippen molar-refractivity contribution in [2.45, 2.75) is 113 Å². The van der Waals surface area contributed by atoms with Crippen LogP contribution in [0.1, 0.15) is 104 Å². The first kappa shape index (κ1) is 37.2. The molecule has 0 aromatic carbocycles. The number of aliphatic hydroxyl groups is 3. The molecule has 0 saturated carbocycles. The zero-order chi connectivity index (χ0) is 25.8. The van der Waals surface area contributed by atoms with Crippen LogP contribution in [-0.4, -0.2) is 68.0 Å². The van der Waals surface area contributed by atoms with Crippen molar-refractivity contribution < 1.29 is 27.9 Å². The summed E-state index contributed by atoms with van der Waals surface area (Å²) in [6, 6.07) is 0. The number of allylic oxidation sites excluding steroid dienone is 1. The van der Waals surface area contributed by atoms with Crippen molar-refractivity contribution in [2.24, 2.45) is 5.41 Å². The van der Waals surface area contributed by atoms with E-state index >= 15 is 0 Å². The average molecular weight is 581 g/mol. The van der Waals surface area contributed by atoms with E-state index in [2.05, 4.69) is 25.2 Å². The van der Waals surface area contributed by atoms with Crippen molar-refractivity contribution >= 4 is 25.7 Å². The van der Waals surface area contributed by atoms with Gasteiger partial charge in [-0.3, -0.25) is 4.79 Å². The van der Waals surface area contributed by atoms with Crippen LogP contribution >= 0.6 is 0 Å². The first-order valence-corrected chi connectivity index (χ1v) is 18.1. The normalized spacial score (nSPS) is 10.4. The van der Waals surface area contributed by atoms with Gasteiger partial charge in [-0.1, -0.05) is 38.7 Å². The van der Waals surface area contributed by atoms with Crippen LogP contribution in [0.25, 0.3) is 0 Å². The molecule has 0 spiro atoms. The summed E-state index contributed by atoms with van der Waals surface area (Å²) < 4.78 is 18.0. The Hall–Kier alpha value is -0.311. The summed E-state index contributed by atoms with van der Waals surface area (Å²) in [6.07, 6.45) is 16.2. The third-order valence-electron chi connectivity index (χ3n) is 5.64. The molecular formula is C26H54O6Sn. The van der Waals surface area contributed by atoms with Crippen molar-refractivity contribution in [3.8, 4) is 0 Å². The second kappa shape index (κ2) is 29.7. The van der Waals surface area contributed by atoms with Crippen molar-refractivity contribution in [2.75, 3.05) is 26.9 Å². The van der Waals surface area contributed by atoms with Gasteiger partial charge in [0.25, 0.3) is 0 Å². The standard InChI is InChI=1S/C12H22O2.C6H14O3.2C4H9.O.Sn/c1-3-4-5-6-7-8-9-10-11-12(13)14-2;1-2-6(3-7,4-8)5-9;2*1-3-4-2;;/h3H,1,4-11H2,2H3;7-9H,2-5H2,1H3;2*1,3-4H2,2H3;;. The number of ether oxygens (including phenoxy) is 1. The average Bonchev–Trinajstić information content (AvgIpc) is 2.85. The molecule has 0 unspecified atom stereocenters. The number of esters is 1. The Morgan fingerprint density at radius 1 is 0.848 bits per heavy atom. The summed E-state index contributed by atoms with van der Waals surface area (Å²) in [5, 5.41) is 26.0. The second-order valence-electron chi connectivity index (χ2n) is 8.60. The molecule has 0 aromatic rings. The van der Waals surface area contributed by atoms with E-state index in [1.165, 1.54) is 58.5 Å². The Bertz CT molecular complexity index is 411. The van der Waals surface area contributed by atoms with Crippen LogP contribution in [0.3, 0.4) is 0 Å². The molecular weight excluding hydrogens is 527 g/mol. The molecule has 0 bridgehead atoms. The number of unbranched alkanes of at least 4 members (excludes halogenated alkanes) is 8. The molecule has 0 amide bonds.